The Bertz CT molecular complexity index is 281. The van der Waals surface area contributed by atoms with E-state index >= 15 is 0 Å². The quantitative estimate of drug-likeness (QED) is 0.521. The highest BCUT2D eigenvalue weighted by molar-refractivity contribution is 7.48. The molecule has 0 aliphatic heterocycles. The molecule has 0 saturated heterocycles. The summed E-state index contributed by atoms with van der Waals surface area (Å²) < 4.78 is 0. The molecule has 1 atom stereocenters. The maximum atomic E-state index is 2.32. The summed E-state index contributed by atoms with van der Waals surface area (Å²) in [5.41, 5.74) is 2.36. The van der Waals surface area contributed by atoms with E-state index in [4.69, 9.17) is 0 Å². The second-order valence-corrected chi connectivity index (χ2v) is 6.38. The lowest BCUT2D eigenvalue weighted by Crippen LogP contribution is -2.05. The van der Waals surface area contributed by atoms with E-state index in [0.29, 0.717) is 0 Å². The third-order valence-electron chi connectivity index (χ3n) is 3.28. The lowest BCUT2D eigenvalue weighted by atomic mass is 10.2. The van der Waals surface area contributed by atoms with Gasteiger partial charge in [0.15, 0.2) is 0 Å². The number of aryl methyl sites for hydroxylation is 1. The summed E-state index contributed by atoms with van der Waals surface area (Å²) in [6.07, 6.45) is 8.79. The zero-order valence-corrected chi connectivity index (χ0v) is 10.6. The lowest BCUT2D eigenvalue weighted by molar-refractivity contribution is 0.702. The largest absolute Gasteiger partial charge is 0.0872 e. The Morgan fingerprint density at radius 2 is 1.53 bits per heavy atom. The number of hydrogen-bond acceptors (Lipinski definition) is 0. The van der Waals surface area contributed by atoms with Crippen molar-refractivity contribution in [2.24, 2.45) is 0 Å². The van der Waals surface area contributed by atoms with Crippen molar-refractivity contribution in [3.8, 4) is 0 Å². The maximum Gasteiger partial charge on any atom is -0.0196 e. The normalized spacial score (nSPS) is 19.5. The Morgan fingerprint density at radius 3 is 2.13 bits per heavy atom. The highest BCUT2D eigenvalue weighted by atomic mass is 31.1. The molecule has 0 N–H and O–H groups in total. The van der Waals surface area contributed by atoms with Crippen molar-refractivity contribution in [1.82, 2.24) is 0 Å². The highest BCUT2D eigenvalue weighted by Gasteiger charge is 2.12. The molecule has 1 saturated carbocycles. The van der Waals surface area contributed by atoms with Crippen molar-refractivity contribution in [2.75, 3.05) is 0 Å². The van der Waals surface area contributed by atoms with Crippen LogP contribution in [0.5, 0.6) is 0 Å². The van der Waals surface area contributed by atoms with Crippen molar-refractivity contribution >= 4 is 13.9 Å². The smallest absolute Gasteiger partial charge is 0.0196 e. The van der Waals surface area contributed by atoms with E-state index < -0.39 is 0 Å². The molecule has 1 fully saturated rings. The number of benzene rings is 1. The minimum Gasteiger partial charge on any atom is -0.0872 e. The fourth-order valence-electron chi connectivity index (χ4n) is 2.31. The van der Waals surface area contributed by atoms with Gasteiger partial charge < -0.3 is 0 Å². The number of hydrogen-bond donors (Lipinski definition) is 0. The standard InChI is InChI=1S/C14H21P/c1-12-8-10-14(11-9-12)15-13-6-4-2-3-5-7-13/h8-11,13,15H,2-7H2,1H3. The summed E-state index contributed by atoms with van der Waals surface area (Å²) >= 11 is 0. The molecule has 1 aromatic rings. The van der Waals surface area contributed by atoms with Crippen LogP contribution >= 0.6 is 8.58 Å². The third kappa shape index (κ3) is 3.61. The van der Waals surface area contributed by atoms with Gasteiger partial charge in [0.05, 0.1) is 0 Å². The monoisotopic (exact) mass is 220 g/mol. The molecule has 1 aromatic carbocycles. The molecule has 82 valence electrons. The highest BCUT2D eigenvalue weighted by Crippen LogP contribution is 2.31. The van der Waals surface area contributed by atoms with Gasteiger partial charge in [-0.25, -0.2) is 0 Å². The minimum atomic E-state index is 0.982. The van der Waals surface area contributed by atoms with Crippen LogP contribution in [0.2, 0.25) is 0 Å². The van der Waals surface area contributed by atoms with Crippen molar-refractivity contribution in [1.29, 1.82) is 0 Å². The van der Waals surface area contributed by atoms with Crippen molar-refractivity contribution < 1.29 is 0 Å². The molecule has 0 bridgehead atoms. The van der Waals surface area contributed by atoms with E-state index in [2.05, 4.69) is 31.2 Å². The molecule has 1 aliphatic carbocycles. The maximum absolute atomic E-state index is 2.32. The zero-order valence-electron chi connectivity index (χ0n) is 9.63. The van der Waals surface area contributed by atoms with E-state index in [9.17, 15) is 0 Å². The van der Waals surface area contributed by atoms with E-state index in [0.717, 1.165) is 14.2 Å². The summed E-state index contributed by atoms with van der Waals surface area (Å²) in [4.78, 5) is 0. The van der Waals surface area contributed by atoms with Crippen LogP contribution in [-0.2, 0) is 0 Å². The fourth-order valence-corrected chi connectivity index (χ4v) is 3.84. The van der Waals surface area contributed by atoms with E-state index in [-0.39, 0.29) is 0 Å². The summed E-state index contributed by atoms with van der Waals surface area (Å²) in [5.74, 6) is 0. The first-order valence-electron chi connectivity index (χ1n) is 6.18. The van der Waals surface area contributed by atoms with E-state index in [1.807, 2.05) is 0 Å². The molecule has 2 rings (SSSR count). The predicted molar refractivity (Wildman–Crippen MR) is 70.6 cm³/mol. The molecule has 0 aromatic heterocycles. The molecule has 0 spiro atoms. The van der Waals surface area contributed by atoms with E-state index in [1.54, 1.807) is 5.30 Å². The van der Waals surface area contributed by atoms with Gasteiger partial charge in [-0.3, -0.25) is 0 Å². The van der Waals surface area contributed by atoms with Gasteiger partial charge in [0.25, 0.3) is 0 Å². The van der Waals surface area contributed by atoms with Crippen LogP contribution in [0.25, 0.3) is 0 Å². The molecular weight excluding hydrogens is 199 g/mol. The molecule has 1 heteroatoms. The van der Waals surface area contributed by atoms with Gasteiger partial charge in [-0.15, -0.1) is 0 Å². The molecule has 0 nitrogen and oxygen atoms in total. The zero-order chi connectivity index (χ0) is 10.5. The Balaban J connectivity index is 1.92. The average Bonchev–Trinajstić information content (AvgIpc) is 2.50. The topological polar surface area (TPSA) is 0 Å². The predicted octanol–water partition coefficient (Wildman–Crippen LogP) is 4.02. The molecule has 0 amide bonds. The fraction of sp³-hybridized carbons (Fsp3) is 0.571. The molecule has 1 unspecified atom stereocenters. The third-order valence-corrected chi connectivity index (χ3v) is 4.93. The lowest BCUT2D eigenvalue weighted by Gasteiger charge is -2.13. The molecule has 15 heavy (non-hydrogen) atoms. The van der Waals surface area contributed by atoms with Gasteiger partial charge in [-0.1, -0.05) is 64.1 Å². The van der Waals surface area contributed by atoms with E-state index in [1.165, 1.54) is 44.1 Å². The second-order valence-electron chi connectivity index (χ2n) is 4.70. The van der Waals surface area contributed by atoms with Crippen molar-refractivity contribution in [2.45, 2.75) is 51.1 Å². The molecule has 0 radical (unpaired) electrons. The van der Waals surface area contributed by atoms with Gasteiger partial charge in [0, 0.05) is 0 Å². The number of rotatable bonds is 2. The first-order valence-corrected chi connectivity index (χ1v) is 7.25. The second kappa shape index (κ2) is 5.66. The minimum absolute atomic E-state index is 0.982. The van der Waals surface area contributed by atoms with Crippen LogP contribution in [0.3, 0.4) is 0 Å². The molecule has 0 heterocycles. The van der Waals surface area contributed by atoms with Crippen LogP contribution in [0.15, 0.2) is 24.3 Å². The first kappa shape index (κ1) is 11.1. The summed E-state index contributed by atoms with van der Waals surface area (Å²) in [7, 11) is 1.05. The van der Waals surface area contributed by atoms with Crippen LogP contribution < -0.4 is 5.30 Å². The molecular formula is C14H21P. The van der Waals surface area contributed by atoms with Crippen LogP contribution in [0.4, 0.5) is 0 Å². The van der Waals surface area contributed by atoms with Crippen LogP contribution in [0, 0.1) is 6.92 Å². The Morgan fingerprint density at radius 1 is 0.933 bits per heavy atom. The van der Waals surface area contributed by atoms with Gasteiger partial charge in [-0.05, 0) is 30.7 Å². The molecule has 1 aliphatic rings. The van der Waals surface area contributed by atoms with Gasteiger partial charge in [-0.2, -0.15) is 0 Å². The van der Waals surface area contributed by atoms with Crippen LogP contribution in [-0.4, -0.2) is 5.66 Å². The van der Waals surface area contributed by atoms with Crippen molar-refractivity contribution in [3.05, 3.63) is 29.8 Å². The summed E-state index contributed by atoms with van der Waals surface area (Å²) in [5, 5.41) is 1.56. The Labute approximate surface area is 95.3 Å². The Hall–Kier alpha value is -0.350. The Kier molecular flexibility index (Phi) is 4.20. The SMILES string of the molecule is Cc1ccc(PC2CCCCCC2)cc1. The van der Waals surface area contributed by atoms with Gasteiger partial charge in [0.2, 0.25) is 0 Å². The van der Waals surface area contributed by atoms with Gasteiger partial charge in [0.1, 0.15) is 0 Å². The summed E-state index contributed by atoms with van der Waals surface area (Å²) in [6, 6.07) is 9.13. The average molecular weight is 220 g/mol. The van der Waals surface area contributed by atoms with Crippen LogP contribution in [0.1, 0.15) is 44.1 Å². The van der Waals surface area contributed by atoms with Gasteiger partial charge >= 0.3 is 0 Å². The van der Waals surface area contributed by atoms with Crippen molar-refractivity contribution in [3.63, 3.8) is 0 Å². The summed E-state index contributed by atoms with van der Waals surface area (Å²) in [6.45, 7) is 2.17. The first-order chi connectivity index (χ1) is 7.34.